The number of allylic oxidation sites excluding steroid dienone is 1. The van der Waals surface area contributed by atoms with Gasteiger partial charge in [0.1, 0.15) is 5.60 Å². The fraction of sp³-hybridized carbons (Fsp3) is 0.619. The first-order chi connectivity index (χ1) is 24.9. The van der Waals surface area contributed by atoms with Crippen molar-refractivity contribution in [3.05, 3.63) is 70.3 Å². The highest BCUT2D eigenvalue weighted by Gasteiger charge is 2.37. The van der Waals surface area contributed by atoms with E-state index in [-0.39, 0.29) is 17.5 Å². The van der Waals surface area contributed by atoms with Gasteiger partial charge in [-0.15, -0.1) is 0 Å². The zero-order valence-electron chi connectivity index (χ0n) is 32.2. The third-order valence-electron chi connectivity index (χ3n) is 11.4. The van der Waals surface area contributed by atoms with Gasteiger partial charge < -0.3 is 24.2 Å². The molecule has 3 heterocycles. The Morgan fingerprint density at radius 3 is 2.10 bits per heavy atom. The van der Waals surface area contributed by atoms with Crippen LogP contribution in [-0.2, 0) is 9.47 Å². The molecule has 0 saturated carbocycles. The Hall–Kier alpha value is -3.11. The van der Waals surface area contributed by atoms with Crippen molar-refractivity contribution in [2.75, 3.05) is 90.0 Å². The van der Waals surface area contributed by atoms with Crippen LogP contribution in [0.25, 0.3) is 5.57 Å². The molecule has 1 amide bonds. The lowest BCUT2D eigenvalue weighted by Gasteiger charge is -2.46. The highest BCUT2D eigenvalue weighted by atomic mass is 35.5. The molecular weight excluding hydrogens is 674 g/mol. The van der Waals surface area contributed by atoms with Gasteiger partial charge in [-0.25, -0.2) is 9.59 Å². The number of esters is 1. The first kappa shape index (κ1) is 38.6. The molecule has 10 heteroatoms. The Morgan fingerprint density at radius 2 is 1.48 bits per heavy atom. The number of nitrogens with zero attached hydrogens (tertiary/aromatic N) is 5. The van der Waals surface area contributed by atoms with E-state index in [9.17, 15) is 9.59 Å². The first-order valence-electron chi connectivity index (χ1n) is 19.5. The molecule has 0 bridgehead atoms. The third-order valence-corrected chi connectivity index (χ3v) is 11.7. The number of carbonyl (C=O) groups excluding carboxylic acids is 2. The molecule has 4 aliphatic rings. The summed E-state index contributed by atoms with van der Waals surface area (Å²) in [5.41, 5.74) is 5.94. The summed E-state index contributed by atoms with van der Waals surface area (Å²) in [7, 11) is 0. The smallest absolute Gasteiger partial charge is 0.410 e. The van der Waals surface area contributed by atoms with Gasteiger partial charge in [0.2, 0.25) is 0 Å². The molecule has 3 aliphatic heterocycles. The van der Waals surface area contributed by atoms with Crippen LogP contribution in [0, 0.1) is 5.41 Å². The van der Waals surface area contributed by atoms with Gasteiger partial charge >= 0.3 is 12.1 Å². The van der Waals surface area contributed by atoms with Crippen molar-refractivity contribution in [1.29, 1.82) is 0 Å². The summed E-state index contributed by atoms with van der Waals surface area (Å²) in [5, 5.41) is 0.783. The second-order valence-electron chi connectivity index (χ2n) is 16.6. The van der Waals surface area contributed by atoms with Gasteiger partial charge in [0, 0.05) is 95.3 Å². The van der Waals surface area contributed by atoms with Gasteiger partial charge in [-0.05, 0) is 113 Å². The van der Waals surface area contributed by atoms with E-state index in [1.807, 2.05) is 69.0 Å². The van der Waals surface area contributed by atoms with Gasteiger partial charge in [-0.2, -0.15) is 0 Å². The minimum absolute atomic E-state index is 0.175. The van der Waals surface area contributed by atoms with Crippen molar-refractivity contribution in [3.8, 4) is 0 Å². The van der Waals surface area contributed by atoms with Crippen LogP contribution in [0.2, 0.25) is 5.02 Å². The van der Waals surface area contributed by atoms with E-state index in [0.717, 1.165) is 115 Å². The predicted octanol–water partition coefficient (Wildman–Crippen LogP) is 7.30. The molecular formula is C42H60ClN5O4. The van der Waals surface area contributed by atoms with Gasteiger partial charge in [0.05, 0.1) is 12.2 Å². The van der Waals surface area contributed by atoms with Gasteiger partial charge in [-0.1, -0.05) is 36.2 Å². The summed E-state index contributed by atoms with van der Waals surface area (Å²) < 4.78 is 10.8. The minimum Gasteiger partial charge on any atom is -0.462 e. The molecule has 284 valence electrons. The number of benzene rings is 2. The number of carbonyl (C=O) groups is 2. The molecule has 0 radical (unpaired) electrons. The summed E-state index contributed by atoms with van der Waals surface area (Å²) in [5.74, 6) is -0.264. The Labute approximate surface area is 316 Å². The second kappa shape index (κ2) is 16.9. The Kier molecular flexibility index (Phi) is 12.6. The number of hydrogen-bond acceptors (Lipinski definition) is 8. The van der Waals surface area contributed by atoms with E-state index < -0.39 is 5.60 Å². The number of amides is 1. The van der Waals surface area contributed by atoms with Crippen molar-refractivity contribution >= 4 is 34.9 Å². The fourth-order valence-corrected chi connectivity index (χ4v) is 8.75. The number of hydrogen-bond donors (Lipinski definition) is 0. The number of piperazine rings is 2. The van der Waals surface area contributed by atoms with Crippen LogP contribution in [0.3, 0.4) is 0 Å². The van der Waals surface area contributed by atoms with Crippen molar-refractivity contribution in [1.82, 2.24) is 19.6 Å². The van der Waals surface area contributed by atoms with Crippen LogP contribution in [-0.4, -0.2) is 128 Å². The quantitative estimate of drug-likeness (QED) is 0.249. The van der Waals surface area contributed by atoms with Crippen molar-refractivity contribution < 1.29 is 19.1 Å². The number of ether oxygens (including phenoxy) is 2. The molecule has 0 N–H and O–H groups in total. The molecule has 6 rings (SSSR count). The lowest BCUT2D eigenvalue weighted by Crippen LogP contribution is -2.55. The molecule has 1 atom stereocenters. The van der Waals surface area contributed by atoms with E-state index in [1.165, 1.54) is 17.6 Å². The number of rotatable bonds is 9. The Balaban J connectivity index is 1.03. The zero-order chi connectivity index (χ0) is 36.9. The number of likely N-dealkylation sites (tertiary alicyclic amines) is 1. The summed E-state index contributed by atoms with van der Waals surface area (Å²) in [6.45, 7) is 22.6. The molecule has 9 nitrogen and oxygen atoms in total. The molecule has 52 heavy (non-hydrogen) atoms. The van der Waals surface area contributed by atoms with E-state index in [4.69, 9.17) is 21.1 Å². The molecule has 0 aromatic heterocycles. The highest BCUT2D eigenvalue weighted by molar-refractivity contribution is 6.30. The average Bonchev–Trinajstić information content (AvgIpc) is 3.12. The van der Waals surface area contributed by atoms with Crippen molar-refractivity contribution in [2.45, 2.75) is 78.4 Å². The van der Waals surface area contributed by atoms with Gasteiger partial charge in [0.15, 0.2) is 0 Å². The fourth-order valence-electron chi connectivity index (χ4n) is 8.62. The first-order valence-corrected chi connectivity index (χ1v) is 19.9. The van der Waals surface area contributed by atoms with Gasteiger partial charge in [0.25, 0.3) is 0 Å². The topological polar surface area (TPSA) is 68.8 Å². The van der Waals surface area contributed by atoms with E-state index >= 15 is 0 Å². The average molecular weight is 734 g/mol. The maximum atomic E-state index is 12.6. The second-order valence-corrected chi connectivity index (χ2v) is 17.1. The van der Waals surface area contributed by atoms with Crippen molar-refractivity contribution in [2.24, 2.45) is 5.41 Å². The van der Waals surface area contributed by atoms with Crippen LogP contribution < -0.4 is 4.90 Å². The number of anilines is 1. The largest absolute Gasteiger partial charge is 0.462 e. The van der Waals surface area contributed by atoms with E-state index in [0.29, 0.717) is 18.2 Å². The van der Waals surface area contributed by atoms with Crippen LogP contribution in [0.5, 0.6) is 0 Å². The van der Waals surface area contributed by atoms with Gasteiger partial charge in [-0.3, -0.25) is 9.80 Å². The SMILES string of the molecule is CCOC(=O)c1ccc(N2CCN(CC3=C(c4ccc(Cl)cc4)CC[C@@](C)(CN4CCN(C5CCN(C(=O)OC(C)(C)C)CC5)CC4)C3)CC2)cc1. The maximum Gasteiger partial charge on any atom is 0.410 e. The van der Waals surface area contributed by atoms with Crippen LogP contribution in [0.1, 0.15) is 82.6 Å². The van der Waals surface area contributed by atoms with E-state index in [1.54, 1.807) is 5.57 Å². The molecule has 0 spiro atoms. The zero-order valence-corrected chi connectivity index (χ0v) is 32.9. The summed E-state index contributed by atoms with van der Waals surface area (Å²) in [6.07, 6.45) is 5.27. The molecule has 3 saturated heterocycles. The molecule has 2 aromatic rings. The molecule has 2 aromatic carbocycles. The van der Waals surface area contributed by atoms with Crippen LogP contribution in [0.15, 0.2) is 54.1 Å². The number of halogens is 1. The van der Waals surface area contributed by atoms with Crippen LogP contribution >= 0.6 is 11.6 Å². The lowest BCUT2D eigenvalue weighted by molar-refractivity contribution is 0.00768. The standard InChI is InChI=1S/C42H60ClN5O4/c1-6-51-39(49)33-9-13-36(14-10-33)46-25-21-44(22-26-46)30-34-29-42(5,18-15-38(34)32-7-11-35(43)12-8-32)31-45-23-27-47(28-24-45)37-16-19-48(20-17-37)40(50)52-41(2,3)4/h7-14,37H,6,15-31H2,1-5H3/t42-/m1/s1. The summed E-state index contributed by atoms with van der Waals surface area (Å²) in [4.78, 5) is 37.0. The number of piperidine rings is 1. The van der Waals surface area contributed by atoms with E-state index in [2.05, 4.69) is 38.7 Å². The minimum atomic E-state index is -0.452. The predicted molar refractivity (Wildman–Crippen MR) is 210 cm³/mol. The summed E-state index contributed by atoms with van der Waals surface area (Å²) in [6, 6.07) is 16.9. The Bertz CT molecular complexity index is 1530. The molecule has 1 aliphatic carbocycles. The lowest BCUT2D eigenvalue weighted by atomic mass is 9.71. The normalized spacial score (nSPS) is 23.2. The van der Waals surface area contributed by atoms with Crippen LogP contribution in [0.4, 0.5) is 10.5 Å². The highest BCUT2D eigenvalue weighted by Crippen LogP contribution is 2.44. The summed E-state index contributed by atoms with van der Waals surface area (Å²) >= 11 is 6.32. The Morgan fingerprint density at radius 1 is 0.846 bits per heavy atom. The molecule has 3 fully saturated rings. The third kappa shape index (κ3) is 10.1. The van der Waals surface area contributed by atoms with Crippen molar-refractivity contribution in [3.63, 3.8) is 0 Å². The monoisotopic (exact) mass is 733 g/mol. The molecule has 0 unspecified atom stereocenters. The maximum absolute atomic E-state index is 12.6.